The van der Waals surface area contributed by atoms with Crippen molar-refractivity contribution in [1.29, 1.82) is 0 Å². The molecule has 1 saturated carbocycles. The van der Waals surface area contributed by atoms with Crippen LogP contribution in [0.4, 0.5) is 0 Å². The zero-order valence-electron chi connectivity index (χ0n) is 13.9. The summed E-state index contributed by atoms with van der Waals surface area (Å²) in [4.78, 5) is 4.65. The van der Waals surface area contributed by atoms with Crippen LogP contribution in [0.2, 0.25) is 0 Å². The number of hydrogen-bond donors (Lipinski definition) is 2. The van der Waals surface area contributed by atoms with Crippen LogP contribution in [0, 0.1) is 0 Å². The van der Waals surface area contributed by atoms with Crippen molar-refractivity contribution in [3.05, 3.63) is 12.2 Å². The van der Waals surface area contributed by atoms with Crippen LogP contribution in [0.5, 0.6) is 0 Å². The summed E-state index contributed by atoms with van der Waals surface area (Å²) in [5.74, 6) is 0.948. The first kappa shape index (κ1) is 19.7. The van der Waals surface area contributed by atoms with Crippen molar-refractivity contribution >= 4 is 29.9 Å². The van der Waals surface area contributed by atoms with Gasteiger partial charge in [-0.25, -0.2) is 0 Å². The summed E-state index contributed by atoms with van der Waals surface area (Å²) >= 11 is 0. The zero-order chi connectivity index (χ0) is 14.8. The van der Waals surface area contributed by atoms with E-state index in [1.165, 1.54) is 32.1 Å². The van der Waals surface area contributed by atoms with Gasteiger partial charge < -0.3 is 15.4 Å². The van der Waals surface area contributed by atoms with E-state index in [4.69, 9.17) is 4.74 Å². The highest BCUT2D eigenvalue weighted by atomic mass is 127. The minimum atomic E-state index is 0. The Hall–Kier alpha value is -0.300. The molecule has 1 fully saturated rings. The molecule has 0 unspecified atom stereocenters. The first-order valence-corrected chi connectivity index (χ1v) is 8.70. The van der Waals surface area contributed by atoms with Crippen LogP contribution in [-0.4, -0.2) is 37.8 Å². The fourth-order valence-electron chi connectivity index (χ4n) is 2.99. The van der Waals surface area contributed by atoms with Crippen molar-refractivity contribution in [3.8, 4) is 0 Å². The molecule has 2 aliphatic carbocycles. The highest BCUT2D eigenvalue weighted by Crippen LogP contribution is 2.20. The van der Waals surface area contributed by atoms with E-state index in [9.17, 15) is 0 Å². The van der Waals surface area contributed by atoms with E-state index in [-0.39, 0.29) is 24.0 Å². The fraction of sp³-hybridized carbons (Fsp3) is 0.824. The number of ether oxygens (including phenoxy) is 1. The number of nitrogens with one attached hydrogen (secondary N) is 2. The Labute approximate surface area is 152 Å². The average Bonchev–Trinajstić information content (AvgIpc) is 3.01. The second-order valence-electron chi connectivity index (χ2n) is 6.03. The molecular weight excluding hydrogens is 389 g/mol. The molecule has 0 aliphatic heterocycles. The molecule has 128 valence electrons. The summed E-state index contributed by atoms with van der Waals surface area (Å²) in [6.07, 6.45) is 14.8. The van der Waals surface area contributed by atoms with Gasteiger partial charge in [0.25, 0.3) is 0 Å². The molecule has 2 aliphatic rings. The van der Waals surface area contributed by atoms with Crippen LogP contribution in [-0.2, 0) is 4.74 Å². The fourth-order valence-corrected chi connectivity index (χ4v) is 2.99. The molecular formula is C17H32IN3O. The van der Waals surface area contributed by atoms with Crippen LogP contribution >= 0.6 is 24.0 Å². The van der Waals surface area contributed by atoms with E-state index in [2.05, 4.69) is 34.7 Å². The molecule has 2 N–H and O–H groups in total. The maximum absolute atomic E-state index is 5.94. The van der Waals surface area contributed by atoms with Gasteiger partial charge in [0.2, 0.25) is 0 Å². The lowest BCUT2D eigenvalue weighted by molar-refractivity contribution is 0.0281. The predicted octanol–water partition coefficient (Wildman–Crippen LogP) is 3.62. The minimum absolute atomic E-state index is 0. The molecule has 4 nitrogen and oxygen atoms in total. The number of halogens is 1. The largest absolute Gasteiger partial charge is 0.378 e. The third-order valence-electron chi connectivity index (χ3n) is 4.17. The van der Waals surface area contributed by atoms with Crippen molar-refractivity contribution < 1.29 is 4.74 Å². The van der Waals surface area contributed by atoms with E-state index in [0.29, 0.717) is 12.1 Å². The lowest BCUT2D eigenvalue weighted by Gasteiger charge is -2.21. The Morgan fingerprint density at radius 1 is 1.18 bits per heavy atom. The molecule has 0 spiro atoms. The Bertz CT molecular complexity index is 333. The van der Waals surface area contributed by atoms with Gasteiger partial charge in [-0.2, -0.15) is 0 Å². The lowest BCUT2D eigenvalue weighted by atomic mass is 9.98. The van der Waals surface area contributed by atoms with Crippen molar-refractivity contribution in [2.75, 3.05) is 19.7 Å². The monoisotopic (exact) mass is 421 g/mol. The molecule has 0 aromatic carbocycles. The summed E-state index contributed by atoms with van der Waals surface area (Å²) in [5, 5.41) is 6.81. The molecule has 2 rings (SSSR count). The normalized spacial score (nSPS) is 20.0. The molecule has 5 heteroatoms. The van der Waals surface area contributed by atoms with Crippen molar-refractivity contribution in [3.63, 3.8) is 0 Å². The van der Waals surface area contributed by atoms with E-state index < -0.39 is 0 Å². The van der Waals surface area contributed by atoms with Crippen LogP contribution in [0.3, 0.4) is 0 Å². The van der Waals surface area contributed by atoms with E-state index >= 15 is 0 Å². The first-order valence-electron chi connectivity index (χ1n) is 8.70. The predicted molar refractivity (Wildman–Crippen MR) is 104 cm³/mol. The van der Waals surface area contributed by atoms with Gasteiger partial charge in [0, 0.05) is 25.7 Å². The Kier molecular flexibility index (Phi) is 10.9. The summed E-state index contributed by atoms with van der Waals surface area (Å²) < 4.78 is 5.94. The van der Waals surface area contributed by atoms with Gasteiger partial charge in [-0.1, -0.05) is 31.4 Å². The van der Waals surface area contributed by atoms with Crippen LogP contribution in [0.15, 0.2) is 17.1 Å². The van der Waals surface area contributed by atoms with Crippen LogP contribution < -0.4 is 10.6 Å². The van der Waals surface area contributed by atoms with E-state index in [1.807, 2.05) is 0 Å². The SMILES string of the molecule is CCNC(=NCCCOC1CCCCC1)NC1CC=CC1.I. The second-order valence-corrected chi connectivity index (χ2v) is 6.03. The molecule has 0 bridgehead atoms. The van der Waals surface area contributed by atoms with Crippen molar-refractivity contribution in [1.82, 2.24) is 10.6 Å². The molecule has 0 saturated heterocycles. The molecule has 0 amide bonds. The van der Waals surface area contributed by atoms with E-state index in [0.717, 1.165) is 44.9 Å². The standard InChI is InChI=1S/C17H31N3O.HI/c1-2-18-17(20-15-9-6-7-10-15)19-13-8-14-21-16-11-4-3-5-12-16;/h6-7,15-16H,2-5,8-14H2,1H3,(H2,18,19,20);1H. The van der Waals surface area contributed by atoms with Crippen molar-refractivity contribution in [2.24, 2.45) is 4.99 Å². The highest BCUT2D eigenvalue weighted by molar-refractivity contribution is 14.0. The van der Waals surface area contributed by atoms with Gasteiger partial charge in [0.15, 0.2) is 5.96 Å². The molecule has 22 heavy (non-hydrogen) atoms. The molecule has 0 aromatic rings. The smallest absolute Gasteiger partial charge is 0.191 e. The number of hydrogen-bond acceptors (Lipinski definition) is 2. The van der Waals surface area contributed by atoms with Crippen molar-refractivity contribution in [2.45, 2.75) is 70.4 Å². The summed E-state index contributed by atoms with van der Waals surface area (Å²) in [6, 6.07) is 0.515. The van der Waals surface area contributed by atoms with Gasteiger partial charge in [0.1, 0.15) is 0 Å². The average molecular weight is 421 g/mol. The van der Waals surface area contributed by atoms with Gasteiger partial charge in [0.05, 0.1) is 6.10 Å². The topological polar surface area (TPSA) is 45.7 Å². The van der Waals surface area contributed by atoms with Gasteiger partial charge >= 0.3 is 0 Å². The van der Waals surface area contributed by atoms with Crippen LogP contribution in [0.25, 0.3) is 0 Å². The number of rotatable bonds is 7. The van der Waals surface area contributed by atoms with Crippen LogP contribution in [0.1, 0.15) is 58.3 Å². The van der Waals surface area contributed by atoms with Gasteiger partial charge in [-0.05, 0) is 39.0 Å². The summed E-state index contributed by atoms with van der Waals surface area (Å²) in [7, 11) is 0. The number of guanidine groups is 1. The second kappa shape index (κ2) is 12.2. The molecule has 0 atom stereocenters. The van der Waals surface area contributed by atoms with Gasteiger partial charge in [-0.3, -0.25) is 4.99 Å². The van der Waals surface area contributed by atoms with Gasteiger partial charge in [-0.15, -0.1) is 24.0 Å². The summed E-state index contributed by atoms with van der Waals surface area (Å²) in [5.41, 5.74) is 0. The maximum Gasteiger partial charge on any atom is 0.191 e. The highest BCUT2D eigenvalue weighted by Gasteiger charge is 2.13. The molecule has 0 radical (unpaired) electrons. The summed E-state index contributed by atoms with van der Waals surface area (Å²) in [6.45, 7) is 4.70. The molecule has 0 aromatic heterocycles. The third-order valence-corrected chi connectivity index (χ3v) is 4.17. The Balaban J connectivity index is 0.00000242. The maximum atomic E-state index is 5.94. The van der Waals surface area contributed by atoms with E-state index in [1.54, 1.807) is 0 Å². The quantitative estimate of drug-likeness (QED) is 0.217. The minimum Gasteiger partial charge on any atom is -0.378 e. The molecule has 0 heterocycles. The third kappa shape index (κ3) is 7.81. The number of nitrogens with zero attached hydrogens (tertiary/aromatic N) is 1. The number of aliphatic imine (C=N–C) groups is 1. The lowest BCUT2D eigenvalue weighted by Crippen LogP contribution is -2.42. The Morgan fingerprint density at radius 2 is 1.91 bits per heavy atom. The first-order chi connectivity index (χ1) is 10.4. The zero-order valence-corrected chi connectivity index (χ0v) is 16.2. The Morgan fingerprint density at radius 3 is 2.59 bits per heavy atom.